The molecule has 3 aromatic heterocycles. The van der Waals surface area contributed by atoms with Crippen molar-refractivity contribution >= 4 is 32.4 Å². The van der Waals surface area contributed by atoms with Crippen molar-refractivity contribution in [3.05, 3.63) is 42.6 Å². The SMILES string of the molecule is Cn1nc(-c2ccc(NS(=O)(=O)CC(F)(F)F)c(F)c2)c2c(N)ncc(-c3cnn(C4CCNCC4)c3)c21. The summed E-state index contributed by atoms with van der Waals surface area (Å²) in [6.07, 6.45) is 2.24. The largest absolute Gasteiger partial charge is 0.404 e. The zero-order valence-corrected chi connectivity index (χ0v) is 20.9. The van der Waals surface area contributed by atoms with Crippen LogP contribution in [0.15, 0.2) is 36.8 Å². The number of sulfonamides is 1. The third-order valence-electron chi connectivity index (χ3n) is 6.35. The van der Waals surface area contributed by atoms with Crippen molar-refractivity contribution in [2.24, 2.45) is 7.05 Å². The first-order chi connectivity index (χ1) is 17.9. The van der Waals surface area contributed by atoms with Crippen LogP contribution in [0.25, 0.3) is 33.3 Å². The number of halogens is 4. The highest BCUT2D eigenvalue weighted by atomic mass is 32.2. The van der Waals surface area contributed by atoms with E-state index < -0.39 is 33.5 Å². The summed E-state index contributed by atoms with van der Waals surface area (Å²) in [5.74, 6) is -3.06. The standard InChI is InChI=1S/C23H24F4N8O2S/c1-34-21-16(14-9-31-35(11-14)15-4-6-29-7-5-15)10-30-22(28)19(21)20(32-34)13-2-3-18(17(24)8-13)33-38(36,37)12-23(25,26)27/h2-3,8-11,15,29,33H,4-7,12H2,1H3,(H2,28,30). The molecule has 5 rings (SSSR count). The number of rotatable bonds is 6. The minimum absolute atomic E-state index is 0.146. The second kappa shape index (κ2) is 9.54. The number of nitrogens with two attached hydrogens (primary N) is 1. The second-order valence-corrected chi connectivity index (χ2v) is 10.8. The molecule has 0 amide bonds. The summed E-state index contributed by atoms with van der Waals surface area (Å²) in [5, 5.41) is 12.8. The van der Waals surface area contributed by atoms with E-state index in [1.54, 1.807) is 28.8 Å². The van der Waals surface area contributed by atoms with Gasteiger partial charge in [0.05, 0.1) is 28.8 Å². The summed E-state index contributed by atoms with van der Waals surface area (Å²) >= 11 is 0. The Morgan fingerprint density at radius 1 is 1.18 bits per heavy atom. The van der Waals surface area contributed by atoms with Crippen LogP contribution in [0.2, 0.25) is 0 Å². The van der Waals surface area contributed by atoms with Gasteiger partial charge >= 0.3 is 6.18 Å². The molecule has 10 nitrogen and oxygen atoms in total. The van der Waals surface area contributed by atoms with Crippen LogP contribution < -0.4 is 15.8 Å². The number of aromatic nitrogens is 5. The summed E-state index contributed by atoms with van der Waals surface area (Å²) in [5.41, 5.74) is 8.26. The maximum absolute atomic E-state index is 14.8. The first-order valence-electron chi connectivity index (χ1n) is 11.7. The Hall–Kier alpha value is -3.72. The Morgan fingerprint density at radius 2 is 1.92 bits per heavy atom. The predicted molar refractivity (Wildman–Crippen MR) is 134 cm³/mol. The Kier molecular flexibility index (Phi) is 6.51. The number of hydrogen-bond donors (Lipinski definition) is 3. The molecular weight excluding hydrogens is 528 g/mol. The molecule has 1 aliphatic heterocycles. The molecule has 0 bridgehead atoms. The number of nitrogens with zero attached hydrogens (tertiary/aromatic N) is 5. The minimum Gasteiger partial charge on any atom is -0.383 e. The molecule has 1 saturated heterocycles. The fraction of sp³-hybridized carbons (Fsp3) is 0.348. The summed E-state index contributed by atoms with van der Waals surface area (Å²) in [7, 11) is -3.15. The molecule has 0 saturated carbocycles. The maximum Gasteiger partial charge on any atom is 0.404 e. The Bertz CT molecular complexity index is 1610. The first-order valence-corrected chi connectivity index (χ1v) is 13.3. The summed E-state index contributed by atoms with van der Waals surface area (Å²) in [6, 6.07) is 3.64. The highest BCUT2D eigenvalue weighted by Crippen LogP contribution is 2.38. The van der Waals surface area contributed by atoms with Crippen LogP contribution in [-0.4, -0.2) is 58.0 Å². The molecule has 202 valence electrons. The molecule has 0 spiro atoms. The van der Waals surface area contributed by atoms with Crippen LogP contribution in [0, 0.1) is 5.82 Å². The Morgan fingerprint density at radius 3 is 2.61 bits per heavy atom. The number of nitrogen functional groups attached to an aromatic ring is 1. The molecule has 4 N–H and O–H groups in total. The van der Waals surface area contributed by atoms with Crippen LogP contribution in [-0.2, 0) is 17.1 Å². The lowest BCUT2D eigenvalue weighted by Gasteiger charge is -2.22. The van der Waals surface area contributed by atoms with Crippen LogP contribution in [0.4, 0.5) is 29.1 Å². The van der Waals surface area contributed by atoms with Crippen molar-refractivity contribution in [1.29, 1.82) is 0 Å². The topological polar surface area (TPSA) is 133 Å². The van der Waals surface area contributed by atoms with E-state index in [2.05, 4.69) is 20.5 Å². The van der Waals surface area contributed by atoms with Crippen LogP contribution in [0.3, 0.4) is 0 Å². The van der Waals surface area contributed by atoms with Gasteiger partial charge in [-0.3, -0.25) is 14.1 Å². The average Bonchev–Trinajstić information content (AvgIpc) is 3.46. The lowest BCUT2D eigenvalue weighted by atomic mass is 10.0. The molecule has 15 heteroatoms. The molecular formula is C23H24F4N8O2S. The second-order valence-electron chi connectivity index (χ2n) is 9.11. The molecule has 1 aromatic carbocycles. The fourth-order valence-electron chi connectivity index (χ4n) is 4.66. The number of nitrogens with one attached hydrogen (secondary N) is 2. The predicted octanol–water partition coefficient (Wildman–Crippen LogP) is 3.45. The van der Waals surface area contributed by atoms with E-state index in [0.717, 1.165) is 43.6 Å². The zero-order chi connectivity index (χ0) is 27.2. The summed E-state index contributed by atoms with van der Waals surface area (Å²) in [4.78, 5) is 4.31. The van der Waals surface area contributed by atoms with Gasteiger partial charge in [0.1, 0.15) is 17.3 Å². The van der Waals surface area contributed by atoms with Gasteiger partial charge in [0.2, 0.25) is 10.0 Å². The van der Waals surface area contributed by atoms with Crippen molar-refractivity contribution in [3.63, 3.8) is 0 Å². The quantitative estimate of drug-likeness (QED) is 0.312. The third kappa shape index (κ3) is 5.15. The lowest BCUT2D eigenvalue weighted by Crippen LogP contribution is -2.29. The smallest absolute Gasteiger partial charge is 0.383 e. The maximum atomic E-state index is 14.8. The number of anilines is 2. The number of fused-ring (bicyclic) bond motifs is 1. The highest BCUT2D eigenvalue weighted by Gasteiger charge is 2.35. The molecule has 1 aliphatic rings. The van der Waals surface area contributed by atoms with Gasteiger partial charge in [0, 0.05) is 36.1 Å². The average molecular weight is 553 g/mol. The number of aryl methyl sites for hydroxylation is 1. The minimum atomic E-state index is -4.97. The van der Waals surface area contributed by atoms with Gasteiger partial charge in [0.25, 0.3) is 0 Å². The van der Waals surface area contributed by atoms with E-state index in [-0.39, 0.29) is 23.1 Å². The van der Waals surface area contributed by atoms with Crippen LogP contribution in [0.1, 0.15) is 18.9 Å². The van der Waals surface area contributed by atoms with E-state index in [1.807, 2.05) is 10.9 Å². The van der Waals surface area contributed by atoms with Crippen molar-refractivity contribution in [1.82, 2.24) is 29.9 Å². The van der Waals surface area contributed by atoms with Crippen molar-refractivity contribution in [2.75, 3.05) is 29.3 Å². The summed E-state index contributed by atoms with van der Waals surface area (Å²) < 4.78 is 81.1. The molecule has 0 unspecified atom stereocenters. The monoisotopic (exact) mass is 552 g/mol. The fourth-order valence-corrected chi connectivity index (χ4v) is 5.66. The third-order valence-corrected chi connectivity index (χ3v) is 7.59. The van der Waals surface area contributed by atoms with Gasteiger partial charge in [-0.15, -0.1) is 0 Å². The highest BCUT2D eigenvalue weighted by molar-refractivity contribution is 7.92. The number of alkyl halides is 3. The zero-order valence-electron chi connectivity index (χ0n) is 20.1. The van der Waals surface area contributed by atoms with Crippen molar-refractivity contribution in [3.8, 4) is 22.4 Å². The number of piperidine rings is 1. The van der Waals surface area contributed by atoms with Gasteiger partial charge in [-0.1, -0.05) is 6.07 Å². The molecule has 4 aromatic rings. The van der Waals surface area contributed by atoms with Gasteiger partial charge in [0.15, 0.2) is 5.75 Å². The number of benzene rings is 1. The van der Waals surface area contributed by atoms with E-state index >= 15 is 0 Å². The van der Waals surface area contributed by atoms with Crippen LogP contribution in [0.5, 0.6) is 0 Å². The van der Waals surface area contributed by atoms with E-state index in [4.69, 9.17) is 5.73 Å². The lowest BCUT2D eigenvalue weighted by molar-refractivity contribution is -0.106. The molecule has 38 heavy (non-hydrogen) atoms. The first kappa shape index (κ1) is 25.9. The Labute approximate surface area is 214 Å². The molecule has 4 heterocycles. The van der Waals surface area contributed by atoms with Crippen LogP contribution >= 0.6 is 0 Å². The molecule has 1 fully saturated rings. The molecule has 0 radical (unpaired) electrons. The normalized spacial score (nSPS) is 15.3. The van der Waals surface area contributed by atoms with Crippen molar-refractivity contribution < 1.29 is 26.0 Å². The summed E-state index contributed by atoms with van der Waals surface area (Å²) in [6.45, 7) is 1.83. The molecule has 0 aliphatic carbocycles. The van der Waals surface area contributed by atoms with Gasteiger partial charge in [-0.2, -0.15) is 23.4 Å². The molecule has 0 atom stereocenters. The van der Waals surface area contributed by atoms with Crippen molar-refractivity contribution in [2.45, 2.75) is 25.1 Å². The van der Waals surface area contributed by atoms with Gasteiger partial charge in [-0.05, 0) is 38.1 Å². The Balaban J connectivity index is 1.51. The number of pyridine rings is 1. The van der Waals surface area contributed by atoms with E-state index in [9.17, 15) is 26.0 Å². The van der Waals surface area contributed by atoms with E-state index in [0.29, 0.717) is 16.5 Å². The van der Waals surface area contributed by atoms with Gasteiger partial charge < -0.3 is 11.1 Å². The van der Waals surface area contributed by atoms with E-state index in [1.165, 1.54) is 6.07 Å². The van der Waals surface area contributed by atoms with Gasteiger partial charge in [-0.25, -0.2) is 17.8 Å². The number of hydrogen-bond acceptors (Lipinski definition) is 7.